The molecule has 7 rings (SSSR count). The number of aromatic amines is 1. The maximum atomic E-state index is 12.9. The molecule has 6 heteroatoms. The second kappa shape index (κ2) is 7.52. The van der Waals surface area contributed by atoms with Crippen molar-refractivity contribution in [2.75, 3.05) is 31.6 Å². The first-order chi connectivity index (χ1) is 16.7. The molecule has 0 unspecified atom stereocenters. The van der Waals surface area contributed by atoms with Crippen LogP contribution in [-0.4, -0.2) is 47.3 Å². The van der Waals surface area contributed by atoms with E-state index in [2.05, 4.69) is 68.9 Å². The van der Waals surface area contributed by atoms with Crippen LogP contribution in [0.1, 0.15) is 29.0 Å². The summed E-state index contributed by atoms with van der Waals surface area (Å²) in [5, 5.41) is 12.0. The molecule has 2 N–H and O–H groups in total. The number of benzene rings is 3. The quantitative estimate of drug-likeness (QED) is 0.482. The van der Waals surface area contributed by atoms with Crippen LogP contribution in [0.4, 0.5) is 5.69 Å². The molecule has 6 nitrogen and oxygen atoms in total. The Morgan fingerprint density at radius 1 is 1.03 bits per heavy atom. The third-order valence-electron chi connectivity index (χ3n) is 7.75. The summed E-state index contributed by atoms with van der Waals surface area (Å²) in [4.78, 5) is 15.3. The first kappa shape index (κ1) is 19.9. The van der Waals surface area contributed by atoms with Crippen molar-refractivity contribution >= 4 is 22.5 Å². The Morgan fingerprint density at radius 2 is 1.85 bits per heavy atom. The number of hydrogen-bond acceptors (Lipinski definition) is 4. The summed E-state index contributed by atoms with van der Waals surface area (Å²) in [5.74, 6) is 0.327. The Hall–Kier alpha value is -3.48. The van der Waals surface area contributed by atoms with Crippen molar-refractivity contribution in [2.24, 2.45) is 0 Å². The van der Waals surface area contributed by atoms with E-state index in [0.717, 1.165) is 72.7 Å². The first-order valence-corrected chi connectivity index (χ1v) is 12.0. The van der Waals surface area contributed by atoms with Crippen LogP contribution < -0.4 is 5.32 Å². The molecule has 3 aliphatic rings. The summed E-state index contributed by atoms with van der Waals surface area (Å²) in [6.07, 6.45) is 0.854. The lowest BCUT2D eigenvalue weighted by atomic mass is 9.91. The molecule has 0 bridgehead atoms. The van der Waals surface area contributed by atoms with Gasteiger partial charge < -0.3 is 10.1 Å². The van der Waals surface area contributed by atoms with Crippen LogP contribution in [0.15, 0.2) is 66.7 Å². The van der Waals surface area contributed by atoms with Gasteiger partial charge in [0.25, 0.3) is 0 Å². The van der Waals surface area contributed by atoms with Crippen molar-refractivity contribution in [3.8, 4) is 11.3 Å². The first-order valence-electron chi connectivity index (χ1n) is 12.0. The van der Waals surface area contributed by atoms with Gasteiger partial charge in [0.15, 0.2) is 0 Å². The molecule has 2 fully saturated rings. The van der Waals surface area contributed by atoms with Crippen molar-refractivity contribution in [3.05, 3.63) is 83.4 Å². The van der Waals surface area contributed by atoms with Gasteiger partial charge >= 0.3 is 0 Å². The van der Waals surface area contributed by atoms with Crippen molar-refractivity contribution in [1.29, 1.82) is 0 Å². The summed E-state index contributed by atoms with van der Waals surface area (Å²) in [5.41, 5.74) is 7.26. The van der Waals surface area contributed by atoms with E-state index in [1.807, 2.05) is 18.2 Å². The molecule has 1 aromatic heterocycles. The lowest BCUT2D eigenvalue weighted by Crippen LogP contribution is -2.35. The van der Waals surface area contributed by atoms with E-state index >= 15 is 0 Å². The average molecular weight is 451 g/mol. The molecule has 1 aliphatic carbocycles. The number of morpholine rings is 1. The Bertz CT molecular complexity index is 1400. The van der Waals surface area contributed by atoms with Crippen LogP contribution in [0.25, 0.3) is 22.2 Å². The minimum Gasteiger partial charge on any atom is -0.379 e. The molecule has 1 amide bonds. The fourth-order valence-corrected chi connectivity index (χ4v) is 5.81. The third kappa shape index (κ3) is 3.02. The van der Waals surface area contributed by atoms with E-state index in [1.165, 1.54) is 11.1 Å². The fourth-order valence-electron chi connectivity index (χ4n) is 5.81. The zero-order valence-electron chi connectivity index (χ0n) is 18.9. The molecule has 1 saturated heterocycles. The SMILES string of the molecule is O=C1Nc2ccccc2[C@]12C[C@H]2c1ccc2c(-c3ccc(CN4CCOCC4)cc3)n[nH]c2c1. The largest absolute Gasteiger partial charge is 0.379 e. The molecule has 1 spiro atoms. The molecule has 2 aliphatic heterocycles. The van der Waals surface area contributed by atoms with Crippen LogP contribution >= 0.6 is 0 Å². The van der Waals surface area contributed by atoms with Crippen LogP contribution in [0.2, 0.25) is 0 Å². The van der Waals surface area contributed by atoms with Crippen molar-refractivity contribution in [3.63, 3.8) is 0 Å². The Balaban J connectivity index is 1.14. The highest BCUT2D eigenvalue weighted by atomic mass is 16.5. The van der Waals surface area contributed by atoms with Gasteiger partial charge in [0, 0.05) is 42.2 Å². The number of para-hydroxylation sites is 1. The number of anilines is 1. The molecule has 3 heterocycles. The third-order valence-corrected chi connectivity index (χ3v) is 7.75. The summed E-state index contributed by atoms with van der Waals surface area (Å²) in [7, 11) is 0. The summed E-state index contributed by atoms with van der Waals surface area (Å²) < 4.78 is 5.45. The van der Waals surface area contributed by atoms with Crippen LogP contribution in [0.3, 0.4) is 0 Å². The number of aromatic nitrogens is 2. The lowest BCUT2D eigenvalue weighted by molar-refractivity contribution is -0.118. The summed E-state index contributed by atoms with van der Waals surface area (Å²) in [6.45, 7) is 4.57. The van der Waals surface area contributed by atoms with Gasteiger partial charge in [-0.3, -0.25) is 14.8 Å². The molecule has 1 saturated carbocycles. The highest BCUT2D eigenvalue weighted by molar-refractivity contribution is 6.10. The number of H-pyrrole nitrogens is 1. The van der Waals surface area contributed by atoms with Crippen molar-refractivity contribution in [1.82, 2.24) is 15.1 Å². The van der Waals surface area contributed by atoms with Gasteiger partial charge in [-0.25, -0.2) is 0 Å². The minimum atomic E-state index is -0.413. The maximum absolute atomic E-state index is 12.9. The summed E-state index contributed by atoms with van der Waals surface area (Å²) in [6, 6.07) is 23.3. The van der Waals surface area contributed by atoms with E-state index in [1.54, 1.807) is 0 Å². The predicted molar refractivity (Wildman–Crippen MR) is 132 cm³/mol. The number of hydrogen-bond donors (Lipinski definition) is 2. The molecular weight excluding hydrogens is 424 g/mol. The van der Waals surface area contributed by atoms with Gasteiger partial charge in [-0.2, -0.15) is 5.10 Å². The number of fused-ring (bicyclic) bond motifs is 3. The molecule has 0 radical (unpaired) electrons. The molecule has 4 aromatic rings. The number of ether oxygens (including phenoxy) is 1. The Morgan fingerprint density at radius 3 is 2.71 bits per heavy atom. The number of rotatable bonds is 4. The maximum Gasteiger partial charge on any atom is 0.235 e. The number of carbonyl (C=O) groups excluding carboxylic acids is 1. The number of nitrogens with one attached hydrogen (secondary N) is 2. The van der Waals surface area contributed by atoms with Gasteiger partial charge in [-0.05, 0) is 35.2 Å². The standard InChI is InChI=1S/C28H26N4O2/c33-27-28(22-3-1-2-4-24(22)29-27)16-23(28)20-9-10-21-25(15-20)30-31-26(21)19-7-5-18(6-8-19)17-32-11-13-34-14-12-32/h1-10,15,23H,11-14,16-17H2,(H,29,33)(H,30,31)/t23-,28-/m0/s1. The highest BCUT2D eigenvalue weighted by Gasteiger charge is 2.65. The van der Waals surface area contributed by atoms with Crippen molar-refractivity contribution < 1.29 is 9.53 Å². The highest BCUT2D eigenvalue weighted by Crippen LogP contribution is 2.65. The second-order valence-electron chi connectivity index (χ2n) is 9.69. The number of amides is 1. The molecular formula is C28H26N4O2. The fraction of sp³-hybridized carbons (Fsp3) is 0.286. The zero-order valence-corrected chi connectivity index (χ0v) is 18.9. The minimum absolute atomic E-state index is 0.126. The van der Waals surface area contributed by atoms with Gasteiger partial charge in [-0.15, -0.1) is 0 Å². The Kier molecular flexibility index (Phi) is 4.41. The van der Waals surface area contributed by atoms with Crippen LogP contribution in [0.5, 0.6) is 0 Å². The zero-order chi connectivity index (χ0) is 22.7. The van der Waals surface area contributed by atoms with Crippen molar-refractivity contribution in [2.45, 2.75) is 24.3 Å². The predicted octanol–water partition coefficient (Wildman–Crippen LogP) is 4.44. The monoisotopic (exact) mass is 450 g/mol. The molecule has 2 atom stereocenters. The average Bonchev–Trinajstić information content (AvgIpc) is 3.39. The number of carbonyl (C=O) groups is 1. The van der Waals surface area contributed by atoms with Crippen LogP contribution in [0, 0.1) is 0 Å². The summed E-state index contributed by atoms with van der Waals surface area (Å²) >= 11 is 0. The smallest absolute Gasteiger partial charge is 0.235 e. The normalized spacial score (nSPS) is 23.9. The lowest BCUT2D eigenvalue weighted by Gasteiger charge is -2.26. The number of nitrogens with zero attached hydrogens (tertiary/aromatic N) is 2. The topological polar surface area (TPSA) is 70.2 Å². The van der Waals surface area contributed by atoms with E-state index in [-0.39, 0.29) is 11.8 Å². The van der Waals surface area contributed by atoms with Gasteiger partial charge in [0.05, 0.1) is 29.8 Å². The van der Waals surface area contributed by atoms with E-state index < -0.39 is 5.41 Å². The van der Waals surface area contributed by atoms with Gasteiger partial charge in [-0.1, -0.05) is 54.6 Å². The molecule has 34 heavy (non-hydrogen) atoms. The van der Waals surface area contributed by atoms with Crippen LogP contribution in [-0.2, 0) is 21.5 Å². The van der Waals surface area contributed by atoms with Gasteiger partial charge in [0.1, 0.15) is 0 Å². The van der Waals surface area contributed by atoms with E-state index in [4.69, 9.17) is 4.74 Å². The Labute approximate surface area is 197 Å². The van der Waals surface area contributed by atoms with E-state index in [0.29, 0.717) is 0 Å². The van der Waals surface area contributed by atoms with Gasteiger partial charge in [0.2, 0.25) is 5.91 Å². The molecule has 3 aromatic carbocycles. The second-order valence-corrected chi connectivity index (χ2v) is 9.69. The molecule has 170 valence electrons. The van der Waals surface area contributed by atoms with E-state index in [9.17, 15) is 4.79 Å².